The summed E-state index contributed by atoms with van der Waals surface area (Å²) in [6, 6.07) is 0. The molecule has 16 heavy (non-hydrogen) atoms. The van der Waals surface area contributed by atoms with Crippen LogP contribution in [-0.2, 0) is 0 Å². The van der Waals surface area contributed by atoms with Crippen molar-refractivity contribution in [3.63, 3.8) is 0 Å². The summed E-state index contributed by atoms with van der Waals surface area (Å²) in [7, 11) is 2.52. The summed E-state index contributed by atoms with van der Waals surface area (Å²) in [6.07, 6.45) is 8.55. The van der Waals surface area contributed by atoms with E-state index in [0.29, 0.717) is 5.54 Å². The Bertz CT molecular complexity index is 343. The molecule has 0 amide bonds. The van der Waals surface area contributed by atoms with Crippen molar-refractivity contribution in [3.8, 4) is 0 Å². The van der Waals surface area contributed by atoms with Crippen molar-refractivity contribution >= 4 is 0 Å². The Morgan fingerprint density at radius 3 is 2.75 bits per heavy atom. The summed E-state index contributed by atoms with van der Waals surface area (Å²) in [5, 5.41) is 0. The van der Waals surface area contributed by atoms with Gasteiger partial charge < -0.3 is 4.48 Å². The van der Waals surface area contributed by atoms with E-state index in [1.165, 1.54) is 56.1 Å². The second-order valence-electron chi connectivity index (χ2n) is 6.92. The van der Waals surface area contributed by atoms with Crippen molar-refractivity contribution in [1.29, 1.82) is 0 Å². The zero-order valence-electron chi connectivity index (χ0n) is 11.2. The molecule has 0 saturated carbocycles. The van der Waals surface area contributed by atoms with Crippen LogP contribution in [0, 0.1) is 5.92 Å². The minimum atomic E-state index is 0.507. The molecule has 3 atom stereocenters. The van der Waals surface area contributed by atoms with E-state index in [2.05, 4.69) is 20.9 Å². The van der Waals surface area contributed by atoms with Crippen molar-refractivity contribution < 1.29 is 4.48 Å². The fourth-order valence-corrected chi connectivity index (χ4v) is 4.92. The molecule has 0 aromatic heterocycles. The van der Waals surface area contributed by atoms with E-state index in [0.717, 1.165) is 5.92 Å². The lowest BCUT2D eigenvalue weighted by atomic mass is 9.73. The van der Waals surface area contributed by atoms with Gasteiger partial charge >= 0.3 is 0 Å². The average molecular weight is 220 g/mol. The van der Waals surface area contributed by atoms with Crippen LogP contribution < -0.4 is 0 Å². The predicted octanol–water partition coefficient (Wildman–Crippen LogP) is 3.51. The summed E-state index contributed by atoms with van der Waals surface area (Å²) >= 11 is 0. The number of hydrogen-bond donors (Lipinski definition) is 0. The molecule has 1 aliphatic carbocycles. The molecule has 0 N–H and O–H groups in total. The van der Waals surface area contributed by atoms with Gasteiger partial charge in [0.1, 0.15) is 5.54 Å². The molecule has 1 saturated heterocycles. The molecule has 0 unspecified atom stereocenters. The molecule has 1 nitrogen and oxygen atoms in total. The third-order valence-electron chi connectivity index (χ3n) is 5.79. The van der Waals surface area contributed by atoms with E-state index in [1.807, 2.05) is 11.1 Å². The first kappa shape index (κ1) is 10.8. The van der Waals surface area contributed by atoms with Crippen LogP contribution in [0.3, 0.4) is 0 Å². The molecule has 90 valence electrons. The fourth-order valence-electron chi connectivity index (χ4n) is 4.92. The second kappa shape index (κ2) is 3.35. The van der Waals surface area contributed by atoms with Crippen LogP contribution in [0.2, 0.25) is 0 Å². The van der Waals surface area contributed by atoms with Gasteiger partial charge in [-0.25, -0.2) is 0 Å². The molecule has 0 aromatic carbocycles. The first-order valence-electron chi connectivity index (χ1n) is 7.11. The maximum Gasteiger partial charge on any atom is 0.118 e. The van der Waals surface area contributed by atoms with Gasteiger partial charge in [0.25, 0.3) is 0 Å². The number of nitrogens with zero attached hydrogens (tertiary/aromatic N) is 1. The highest BCUT2D eigenvalue weighted by Crippen LogP contribution is 2.51. The van der Waals surface area contributed by atoms with E-state index in [-0.39, 0.29) is 0 Å². The van der Waals surface area contributed by atoms with Crippen molar-refractivity contribution in [1.82, 2.24) is 0 Å². The highest BCUT2D eigenvalue weighted by molar-refractivity contribution is 5.29. The van der Waals surface area contributed by atoms with Gasteiger partial charge in [0.05, 0.1) is 20.1 Å². The van der Waals surface area contributed by atoms with Crippen molar-refractivity contribution in [2.75, 3.05) is 20.1 Å². The van der Waals surface area contributed by atoms with Gasteiger partial charge in [0.2, 0.25) is 0 Å². The molecular weight excluding hydrogens is 194 g/mol. The van der Waals surface area contributed by atoms with Gasteiger partial charge in [-0.15, -0.1) is 0 Å². The summed E-state index contributed by atoms with van der Waals surface area (Å²) in [5.41, 5.74) is 4.25. The Hall–Kier alpha value is -0.300. The van der Waals surface area contributed by atoms with Crippen LogP contribution in [0.25, 0.3) is 0 Å². The second-order valence-corrected chi connectivity index (χ2v) is 6.92. The molecule has 0 bridgehead atoms. The van der Waals surface area contributed by atoms with Gasteiger partial charge in [-0.05, 0) is 38.2 Å². The lowest BCUT2D eigenvalue weighted by Crippen LogP contribution is -2.60. The van der Waals surface area contributed by atoms with E-state index < -0.39 is 0 Å². The third kappa shape index (κ3) is 1.27. The van der Waals surface area contributed by atoms with Gasteiger partial charge in [-0.1, -0.05) is 12.5 Å². The maximum atomic E-state index is 2.57. The van der Waals surface area contributed by atoms with E-state index in [1.54, 1.807) is 0 Å². The Labute approximate surface area is 100 Å². The van der Waals surface area contributed by atoms with Crippen LogP contribution in [0.4, 0.5) is 0 Å². The number of likely N-dealkylation sites (N-methyl/N-ethyl adjacent to an activating group) is 1. The molecule has 3 rings (SSSR count). The predicted molar refractivity (Wildman–Crippen MR) is 68.2 cm³/mol. The van der Waals surface area contributed by atoms with Crippen molar-refractivity contribution in [2.45, 2.75) is 57.9 Å². The summed E-state index contributed by atoms with van der Waals surface area (Å²) in [5.74, 6) is 0.920. The molecule has 1 fully saturated rings. The summed E-state index contributed by atoms with van der Waals surface area (Å²) in [6.45, 7) is 7.83. The zero-order chi connectivity index (χ0) is 11.4. The standard InChI is InChI=1S/C15H26N/c1-12-10-15(2)14-7-5-4-6-13(14)8-9-16(15,3)11-12/h12H,4-11H2,1-3H3/q+1/t12-,15-,16+/m1/s1. The Morgan fingerprint density at radius 2 is 1.94 bits per heavy atom. The first-order valence-corrected chi connectivity index (χ1v) is 7.11. The van der Waals surface area contributed by atoms with Gasteiger partial charge in [0.15, 0.2) is 0 Å². The quantitative estimate of drug-likeness (QED) is 0.433. The molecule has 2 heterocycles. The minimum Gasteiger partial charge on any atom is -0.317 e. The third-order valence-corrected chi connectivity index (χ3v) is 5.79. The molecule has 2 aliphatic heterocycles. The largest absolute Gasteiger partial charge is 0.317 e. The minimum absolute atomic E-state index is 0.507. The number of fused-ring (bicyclic) bond motifs is 2. The molecule has 1 heteroatoms. The fraction of sp³-hybridized carbons (Fsp3) is 0.867. The van der Waals surface area contributed by atoms with Crippen molar-refractivity contribution in [2.24, 2.45) is 5.92 Å². The highest BCUT2D eigenvalue weighted by atomic mass is 15.4. The summed E-state index contributed by atoms with van der Waals surface area (Å²) in [4.78, 5) is 0. The van der Waals surface area contributed by atoms with Crippen LogP contribution in [0.5, 0.6) is 0 Å². The number of quaternary nitrogens is 1. The van der Waals surface area contributed by atoms with Crippen LogP contribution in [0.15, 0.2) is 11.1 Å². The number of hydrogen-bond acceptors (Lipinski definition) is 0. The van der Waals surface area contributed by atoms with Gasteiger partial charge in [-0.2, -0.15) is 0 Å². The molecule has 0 spiro atoms. The van der Waals surface area contributed by atoms with Gasteiger partial charge in [0, 0.05) is 18.8 Å². The molecule has 0 radical (unpaired) electrons. The van der Waals surface area contributed by atoms with E-state index in [4.69, 9.17) is 0 Å². The molecule has 0 aromatic rings. The first-order chi connectivity index (χ1) is 7.55. The highest BCUT2D eigenvalue weighted by Gasteiger charge is 2.56. The monoisotopic (exact) mass is 220 g/mol. The van der Waals surface area contributed by atoms with Crippen LogP contribution in [-0.4, -0.2) is 30.2 Å². The van der Waals surface area contributed by atoms with Gasteiger partial charge in [-0.3, -0.25) is 0 Å². The topological polar surface area (TPSA) is 0 Å². The van der Waals surface area contributed by atoms with E-state index in [9.17, 15) is 0 Å². The average Bonchev–Trinajstić information content (AvgIpc) is 2.49. The van der Waals surface area contributed by atoms with Crippen LogP contribution in [0.1, 0.15) is 52.4 Å². The zero-order valence-corrected chi connectivity index (χ0v) is 11.2. The molecule has 3 aliphatic rings. The van der Waals surface area contributed by atoms with Crippen molar-refractivity contribution in [3.05, 3.63) is 11.1 Å². The van der Waals surface area contributed by atoms with E-state index >= 15 is 0 Å². The SMILES string of the molecule is C[C@@H]1C[C@]2(C)C3=C(CCCC3)CC[N@@+]2(C)C1. The Morgan fingerprint density at radius 1 is 1.19 bits per heavy atom. The Balaban J connectivity index is 2.06. The lowest BCUT2D eigenvalue weighted by molar-refractivity contribution is -0.941. The molecular formula is C15H26N+. The smallest absolute Gasteiger partial charge is 0.118 e. The maximum absolute atomic E-state index is 2.57. The lowest BCUT2D eigenvalue weighted by Gasteiger charge is -2.51. The summed E-state index contributed by atoms with van der Waals surface area (Å²) < 4.78 is 1.34. The number of rotatable bonds is 0. The van der Waals surface area contributed by atoms with Crippen LogP contribution >= 0.6 is 0 Å². The Kier molecular flexibility index (Phi) is 2.27. The normalized spacial score (nSPS) is 47.8.